The second-order valence-corrected chi connectivity index (χ2v) is 9.13. The number of fused-ring (bicyclic) bond motifs is 1. The van der Waals surface area contributed by atoms with Crippen molar-refractivity contribution in [1.29, 1.82) is 0 Å². The molecule has 150 valence electrons. The van der Waals surface area contributed by atoms with Gasteiger partial charge in [0.1, 0.15) is 6.29 Å². The zero-order valence-corrected chi connectivity index (χ0v) is 17.5. The molecule has 1 aromatic carbocycles. The molecule has 2 aliphatic rings. The molecule has 0 spiro atoms. The number of hydrogen-bond acceptors (Lipinski definition) is 4. The average molecular weight is 380 g/mol. The van der Waals surface area contributed by atoms with Crippen LogP contribution in [0.25, 0.3) is 10.9 Å². The van der Waals surface area contributed by atoms with Crippen LogP contribution in [0.5, 0.6) is 0 Å². The second-order valence-electron chi connectivity index (χ2n) is 9.13. The van der Waals surface area contributed by atoms with Crippen LogP contribution in [0.4, 0.5) is 0 Å². The highest BCUT2D eigenvalue weighted by Gasteiger charge is 2.35. The van der Waals surface area contributed by atoms with Gasteiger partial charge in [0.05, 0.1) is 11.6 Å². The predicted molar refractivity (Wildman–Crippen MR) is 115 cm³/mol. The first kappa shape index (κ1) is 19.5. The van der Waals surface area contributed by atoms with Crippen molar-refractivity contribution in [2.45, 2.75) is 45.1 Å². The van der Waals surface area contributed by atoms with Crippen molar-refractivity contribution < 1.29 is 4.79 Å². The molecule has 2 aromatic rings. The molecule has 0 aliphatic carbocycles. The summed E-state index contributed by atoms with van der Waals surface area (Å²) < 4.78 is 0. The molecule has 2 fully saturated rings. The number of nitrogens with zero attached hydrogens (tertiary/aromatic N) is 3. The maximum atomic E-state index is 12.1. The molecule has 2 aliphatic heterocycles. The Morgan fingerprint density at radius 2 is 1.96 bits per heavy atom. The molecule has 0 bridgehead atoms. The maximum Gasteiger partial charge on any atom is 0.137 e. The fourth-order valence-corrected chi connectivity index (χ4v) is 5.42. The molecule has 1 aromatic heterocycles. The minimum atomic E-state index is 0.0637. The smallest absolute Gasteiger partial charge is 0.137 e. The Bertz CT molecular complexity index is 828. The monoisotopic (exact) mass is 379 g/mol. The van der Waals surface area contributed by atoms with Crippen LogP contribution >= 0.6 is 0 Å². The number of pyridine rings is 1. The van der Waals surface area contributed by atoms with Crippen molar-refractivity contribution in [3.8, 4) is 0 Å². The molecule has 3 atom stereocenters. The minimum Gasteiger partial charge on any atom is -0.306 e. The van der Waals surface area contributed by atoms with E-state index in [1.165, 1.54) is 29.2 Å². The zero-order chi connectivity index (χ0) is 19.7. The van der Waals surface area contributed by atoms with E-state index in [4.69, 9.17) is 0 Å². The molecule has 4 nitrogen and oxygen atoms in total. The summed E-state index contributed by atoms with van der Waals surface area (Å²) in [4.78, 5) is 21.6. The first-order valence-electron chi connectivity index (χ1n) is 10.8. The van der Waals surface area contributed by atoms with Crippen LogP contribution in [0, 0.1) is 18.8 Å². The Morgan fingerprint density at radius 1 is 1.18 bits per heavy atom. The molecule has 0 amide bonds. The van der Waals surface area contributed by atoms with E-state index in [2.05, 4.69) is 53.9 Å². The van der Waals surface area contributed by atoms with Crippen LogP contribution in [0.15, 0.2) is 30.5 Å². The third-order valence-corrected chi connectivity index (χ3v) is 6.94. The lowest BCUT2D eigenvalue weighted by molar-refractivity contribution is -0.116. The van der Waals surface area contributed by atoms with Gasteiger partial charge in [-0.05, 0) is 81.3 Å². The third kappa shape index (κ3) is 3.85. The number of carbonyl (C=O) groups excluding carboxylic acids is 1. The fourth-order valence-electron chi connectivity index (χ4n) is 5.42. The SMILES string of the molecule is Cc1ccc([C@H]2C[C@@H](C)CN(C(C=O)C3CCN(C)CC3)C2)c2cccnc12. The Morgan fingerprint density at radius 3 is 2.71 bits per heavy atom. The Labute approximate surface area is 168 Å². The first-order valence-corrected chi connectivity index (χ1v) is 10.8. The number of likely N-dealkylation sites (tertiary alicyclic amines) is 2. The van der Waals surface area contributed by atoms with E-state index in [1.54, 1.807) is 0 Å². The molecule has 4 rings (SSSR count). The summed E-state index contributed by atoms with van der Waals surface area (Å²) >= 11 is 0. The number of rotatable bonds is 4. The Balaban J connectivity index is 1.60. The summed E-state index contributed by atoms with van der Waals surface area (Å²) in [7, 11) is 2.18. The lowest BCUT2D eigenvalue weighted by atomic mass is 9.81. The second kappa shape index (κ2) is 8.30. The highest BCUT2D eigenvalue weighted by Crippen LogP contribution is 2.36. The highest BCUT2D eigenvalue weighted by molar-refractivity contribution is 5.85. The maximum absolute atomic E-state index is 12.1. The van der Waals surface area contributed by atoms with Crippen LogP contribution in [0.1, 0.15) is 43.2 Å². The number of aryl methyl sites for hydroxylation is 1. The number of aromatic nitrogens is 1. The minimum absolute atomic E-state index is 0.0637. The first-order chi connectivity index (χ1) is 13.6. The molecule has 1 unspecified atom stereocenters. The van der Waals surface area contributed by atoms with Crippen molar-refractivity contribution in [3.05, 3.63) is 41.6 Å². The Hall–Kier alpha value is -1.78. The third-order valence-electron chi connectivity index (χ3n) is 6.94. The van der Waals surface area contributed by atoms with Crippen LogP contribution < -0.4 is 0 Å². The molecule has 4 heteroatoms. The van der Waals surface area contributed by atoms with Gasteiger partial charge in [0.15, 0.2) is 0 Å². The number of piperidine rings is 2. The molecule has 2 saturated heterocycles. The number of hydrogen-bond donors (Lipinski definition) is 0. The summed E-state index contributed by atoms with van der Waals surface area (Å²) in [6, 6.07) is 8.83. The van der Waals surface area contributed by atoms with E-state index in [-0.39, 0.29) is 6.04 Å². The van der Waals surface area contributed by atoms with E-state index in [1.807, 2.05) is 12.3 Å². The highest BCUT2D eigenvalue weighted by atomic mass is 16.1. The lowest BCUT2D eigenvalue weighted by Crippen LogP contribution is -2.51. The van der Waals surface area contributed by atoms with Crippen LogP contribution in [0.3, 0.4) is 0 Å². The Kier molecular flexibility index (Phi) is 5.79. The van der Waals surface area contributed by atoms with E-state index < -0.39 is 0 Å². The number of benzene rings is 1. The zero-order valence-electron chi connectivity index (χ0n) is 17.5. The van der Waals surface area contributed by atoms with Gasteiger partial charge in [-0.15, -0.1) is 0 Å². The van der Waals surface area contributed by atoms with Crippen molar-refractivity contribution >= 4 is 17.2 Å². The average Bonchev–Trinajstić information content (AvgIpc) is 2.70. The van der Waals surface area contributed by atoms with E-state index in [0.717, 1.165) is 44.5 Å². The van der Waals surface area contributed by atoms with Gasteiger partial charge in [-0.3, -0.25) is 9.88 Å². The van der Waals surface area contributed by atoms with Crippen molar-refractivity contribution in [1.82, 2.24) is 14.8 Å². The van der Waals surface area contributed by atoms with Crippen LogP contribution in [0.2, 0.25) is 0 Å². The largest absolute Gasteiger partial charge is 0.306 e. The fraction of sp³-hybridized carbons (Fsp3) is 0.583. The lowest BCUT2D eigenvalue weighted by Gasteiger charge is -2.43. The number of aldehydes is 1. The molecular weight excluding hydrogens is 346 g/mol. The van der Waals surface area contributed by atoms with Gasteiger partial charge in [-0.25, -0.2) is 0 Å². The molecular formula is C24H33N3O. The van der Waals surface area contributed by atoms with Crippen molar-refractivity contribution in [2.24, 2.45) is 11.8 Å². The molecule has 28 heavy (non-hydrogen) atoms. The predicted octanol–water partition coefficient (Wildman–Crippen LogP) is 3.88. The standard InChI is InChI=1S/C24H33N3O/c1-17-13-20(21-7-6-18(2)24-22(21)5-4-10-25-24)15-27(14-17)23(16-28)19-8-11-26(3)12-9-19/h4-7,10,16-17,19-20,23H,8-9,11-15H2,1-3H3/t17-,20+,23?/m1/s1. The van der Waals surface area contributed by atoms with E-state index in [0.29, 0.717) is 17.8 Å². The summed E-state index contributed by atoms with van der Waals surface area (Å²) in [6.45, 7) is 8.70. The molecule has 3 heterocycles. The quantitative estimate of drug-likeness (QED) is 0.756. The molecule has 0 saturated carbocycles. The van der Waals surface area contributed by atoms with Crippen LogP contribution in [-0.4, -0.2) is 60.3 Å². The normalized spacial score (nSPS) is 26.4. The topological polar surface area (TPSA) is 36.4 Å². The molecule has 0 radical (unpaired) electrons. The van der Waals surface area contributed by atoms with Crippen molar-refractivity contribution in [3.63, 3.8) is 0 Å². The van der Waals surface area contributed by atoms with Gasteiger partial charge < -0.3 is 9.69 Å². The van der Waals surface area contributed by atoms with Gasteiger partial charge >= 0.3 is 0 Å². The summed E-state index contributed by atoms with van der Waals surface area (Å²) in [5.74, 6) is 1.56. The van der Waals surface area contributed by atoms with Gasteiger partial charge in [-0.1, -0.05) is 25.1 Å². The number of carbonyl (C=O) groups is 1. The summed E-state index contributed by atoms with van der Waals surface area (Å²) in [5, 5.41) is 1.28. The van der Waals surface area contributed by atoms with Gasteiger partial charge in [0, 0.05) is 24.7 Å². The molecule has 0 N–H and O–H groups in total. The van der Waals surface area contributed by atoms with Crippen LogP contribution in [-0.2, 0) is 4.79 Å². The van der Waals surface area contributed by atoms with Gasteiger partial charge in [0.2, 0.25) is 0 Å². The van der Waals surface area contributed by atoms with Gasteiger partial charge in [0.25, 0.3) is 0 Å². The summed E-state index contributed by atoms with van der Waals surface area (Å²) in [6.07, 6.45) is 6.57. The van der Waals surface area contributed by atoms with Gasteiger partial charge in [-0.2, -0.15) is 0 Å². The van der Waals surface area contributed by atoms with E-state index in [9.17, 15) is 4.79 Å². The summed E-state index contributed by atoms with van der Waals surface area (Å²) in [5.41, 5.74) is 3.75. The van der Waals surface area contributed by atoms with Crippen molar-refractivity contribution in [2.75, 3.05) is 33.2 Å². The van der Waals surface area contributed by atoms with E-state index >= 15 is 0 Å².